The van der Waals surface area contributed by atoms with E-state index < -0.39 is 0 Å². The fourth-order valence-corrected chi connectivity index (χ4v) is 2.62. The molecule has 0 saturated heterocycles. The third kappa shape index (κ3) is 3.65. The van der Waals surface area contributed by atoms with Crippen LogP contribution in [0.5, 0.6) is 5.75 Å². The standard InChI is InChI=1S/C17H23N3OS/c1-17(2,3)20-15(14(11-19-20)16(18)22)10-7-12-5-8-13(21-4)9-6-12/h5-6,8-9,11H,7,10H2,1-4H3,(H2,18,22). The number of nitrogens with zero attached hydrogens (tertiary/aromatic N) is 2. The van der Waals surface area contributed by atoms with E-state index in [4.69, 9.17) is 22.7 Å². The summed E-state index contributed by atoms with van der Waals surface area (Å²) in [6, 6.07) is 8.11. The van der Waals surface area contributed by atoms with Crippen LogP contribution in [0.1, 0.15) is 37.6 Å². The predicted molar refractivity (Wildman–Crippen MR) is 93.5 cm³/mol. The number of rotatable bonds is 5. The molecule has 2 aromatic rings. The molecule has 1 aromatic carbocycles. The Balaban J connectivity index is 2.23. The number of methoxy groups -OCH3 is 1. The predicted octanol–water partition coefficient (Wildman–Crippen LogP) is 3.07. The Labute approximate surface area is 137 Å². The largest absolute Gasteiger partial charge is 0.497 e. The summed E-state index contributed by atoms with van der Waals surface area (Å²) in [5.74, 6) is 0.868. The molecule has 0 amide bonds. The van der Waals surface area contributed by atoms with Crippen molar-refractivity contribution >= 4 is 17.2 Å². The maximum Gasteiger partial charge on any atom is 0.118 e. The molecule has 0 aliphatic carbocycles. The summed E-state index contributed by atoms with van der Waals surface area (Å²) in [4.78, 5) is 0.403. The van der Waals surface area contributed by atoms with Gasteiger partial charge in [0.15, 0.2) is 0 Å². The van der Waals surface area contributed by atoms with Crippen LogP contribution in [-0.2, 0) is 18.4 Å². The van der Waals surface area contributed by atoms with Crippen LogP contribution < -0.4 is 10.5 Å². The molecule has 0 atom stereocenters. The van der Waals surface area contributed by atoms with Gasteiger partial charge in [-0.05, 0) is 51.3 Å². The number of hydrogen-bond acceptors (Lipinski definition) is 3. The summed E-state index contributed by atoms with van der Waals surface area (Å²) in [5.41, 5.74) is 8.95. The molecule has 4 nitrogen and oxygen atoms in total. The topological polar surface area (TPSA) is 53.1 Å². The summed E-state index contributed by atoms with van der Waals surface area (Å²) in [5, 5.41) is 4.48. The number of aromatic nitrogens is 2. The highest BCUT2D eigenvalue weighted by atomic mass is 32.1. The molecule has 2 N–H and O–H groups in total. The average Bonchev–Trinajstić information content (AvgIpc) is 2.89. The Morgan fingerprint density at radius 2 is 1.86 bits per heavy atom. The van der Waals surface area contributed by atoms with Crippen LogP contribution in [0.3, 0.4) is 0 Å². The van der Waals surface area contributed by atoms with Crippen molar-refractivity contribution in [3.63, 3.8) is 0 Å². The Bertz CT molecular complexity index is 654. The van der Waals surface area contributed by atoms with Crippen molar-refractivity contribution in [3.05, 3.63) is 47.3 Å². The lowest BCUT2D eigenvalue weighted by Gasteiger charge is -2.23. The summed E-state index contributed by atoms with van der Waals surface area (Å²) >= 11 is 5.16. The van der Waals surface area contributed by atoms with Crippen LogP contribution in [0.25, 0.3) is 0 Å². The molecular weight excluding hydrogens is 294 g/mol. The summed E-state index contributed by atoms with van der Waals surface area (Å²) < 4.78 is 7.21. The molecule has 22 heavy (non-hydrogen) atoms. The zero-order valence-corrected chi connectivity index (χ0v) is 14.4. The lowest BCUT2D eigenvalue weighted by molar-refractivity contribution is 0.343. The molecule has 118 valence electrons. The lowest BCUT2D eigenvalue weighted by Crippen LogP contribution is -2.26. The molecular formula is C17H23N3OS. The monoisotopic (exact) mass is 317 g/mol. The zero-order valence-electron chi connectivity index (χ0n) is 13.6. The van der Waals surface area contributed by atoms with E-state index in [9.17, 15) is 0 Å². The normalized spacial score (nSPS) is 11.5. The second-order valence-corrected chi connectivity index (χ2v) is 6.74. The van der Waals surface area contributed by atoms with Gasteiger partial charge in [-0.25, -0.2) is 0 Å². The first kappa shape index (κ1) is 16.5. The van der Waals surface area contributed by atoms with Gasteiger partial charge in [0.05, 0.1) is 18.8 Å². The fourth-order valence-electron chi connectivity index (χ4n) is 2.45. The van der Waals surface area contributed by atoms with Gasteiger partial charge in [0, 0.05) is 11.3 Å². The minimum atomic E-state index is -0.0989. The van der Waals surface area contributed by atoms with E-state index in [1.807, 2.05) is 16.8 Å². The second kappa shape index (κ2) is 6.48. The zero-order chi connectivity index (χ0) is 16.3. The Kier molecular flexibility index (Phi) is 4.86. The summed E-state index contributed by atoms with van der Waals surface area (Å²) in [6.07, 6.45) is 3.52. The fraction of sp³-hybridized carbons (Fsp3) is 0.412. The molecule has 0 aliphatic rings. The van der Waals surface area contributed by atoms with E-state index in [0.29, 0.717) is 4.99 Å². The molecule has 0 spiro atoms. The van der Waals surface area contributed by atoms with Crippen LogP contribution in [0.4, 0.5) is 0 Å². The highest BCUT2D eigenvalue weighted by Gasteiger charge is 2.21. The quantitative estimate of drug-likeness (QED) is 0.861. The molecule has 0 fully saturated rings. The van der Waals surface area contributed by atoms with Gasteiger partial charge in [-0.3, -0.25) is 4.68 Å². The Hall–Kier alpha value is -1.88. The van der Waals surface area contributed by atoms with Gasteiger partial charge in [-0.2, -0.15) is 5.10 Å². The van der Waals surface area contributed by atoms with Gasteiger partial charge in [0.2, 0.25) is 0 Å². The molecule has 0 radical (unpaired) electrons. The van der Waals surface area contributed by atoms with Crippen molar-refractivity contribution in [2.24, 2.45) is 5.73 Å². The van der Waals surface area contributed by atoms with E-state index in [1.165, 1.54) is 5.56 Å². The van der Waals surface area contributed by atoms with E-state index >= 15 is 0 Å². The highest BCUT2D eigenvalue weighted by molar-refractivity contribution is 7.80. The minimum absolute atomic E-state index is 0.0989. The molecule has 0 bridgehead atoms. The number of hydrogen-bond donors (Lipinski definition) is 1. The van der Waals surface area contributed by atoms with Crippen molar-refractivity contribution in [3.8, 4) is 5.75 Å². The highest BCUT2D eigenvalue weighted by Crippen LogP contribution is 2.21. The smallest absolute Gasteiger partial charge is 0.118 e. The van der Waals surface area contributed by atoms with Crippen molar-refractivity contribution in [1.29, 1.82) is 0 Å². The van der Waals surface area contributed by atoms with Gasteiger partial charge in [0.1, 0.15) is 10.7 Å². The van der Waals surface area contributed by atoms with Gasteiger partial charge in [-0.1, -0.05) is 24.4 Å². The molecule has 1 aromatic heterocycles. The van der Waals surface area contributed by atoms with Crippen LogP contribution in [0.15, 0.2) is 30.5 Å². The maximum atomic E-state index is 5.84. The number of nitrogens with two attached hydrogens (primary N) is 1. The molecule has 5 heteroatoms. The van der Waals surface area contributed by atoms with Crippen LogP contribution in [0, 0.1) is 0 Å². The molecule has 2 rings (SSSR count). The van der Waals surface area contributed by atoms with E-state index in [2.05, 4.69) is 38.0 Å². The van der Waals surface area contributed by atoms with Crippen LogP contribution >= 0.6 is 12.2 Å². The minimum Gasteiger partial charge on any atom is -0.497 e. The first-order chi connectivity index (χ1) is 10.3. The third-order valence-corrected chi connectivity index (χ3v) is 3.80. The molecule has 1 heterocycles. The summed E-state index contributed by atoms with van der Waals surface area (Å²) in [6.45, 7) is 6.38. The average molecular weight is 317 g/mol. The first-order valence-electron chi connectivity index (χ1n) is 7.33. The van der Waals surface area contributed by atoms with Gasteiger partial charge in [0.25, 0.3) is 0 Å². The van der Waals surface area contributed by atoms with Crippen LogP contribution in [0.2, 0.25) is 0 Å². The van der Waals surface area contributed by atoms with E-state index in [1.54, 1.807) is 13.3 Å². The molecule has 0 unspecified atom stereocenters. The van der Waals surface area contributed by atoms with E-state index in [-0.39, 0.29) is 5.54 Å². The Morgan fingerprint density at radius 3 is 2.36 bits per heavy atom. The number of aryl methyl sites for hydroxylation is 1. The third-order valence-electron chi connectivity index (χ3n) is 3.58. The van der Waals surface area contributed by atoms with Crippen molar-refractivity contribution < 1.29 is 4.74 Å². The Morgan fingerprint density at radius 1 is 1.23 bits per heavy atom. The maximum absolute atomic E-state index is 5.84. The van der Waals surface area contributed by atoms with E-state index in [0.717, 1.165) is 29.8 Å². The SMILES string of the molecule is COc1ccc(CCc2c(C(N)=S)cnn2C(C)(C)C)cc1. The number of ether oxygens (including phenoxy) is 1. The molecule has 0 saturated carbocycles. The summed E-state index contributed by atoms with van der Waals surface area (Å²) in [7, 11) is 1.67. The second-order valence-electron chi connectivity index (χ2n) is 6.30. The van der Waals surface area contributed by atoms with Gasteiger partial charge >= 0.3 is 0 Å². The number of thiocarbonyl (C=S) groups is 1. The number of benzene rings is 1. The lowest BCUT2D eigenvalue weighted by atomic mass is 10.0. The van der Waals surface area contributed by atoms with Crippen LogP contribution in [-0.4, -0.2) is 21.9 Å². The van der Waals surface area contributed by atoms with Gasteiger partial charge in [-0.15, -0.1) is 0 Å². The van der Waals surface area contributed by atoms with Crippen molar-refractivity contribution in [2.75, 3.05) is 7.11 Å². The molecule has 0 aliphatic heterocycles. The van der Waals surface area contributed by atoms with Crippen molar-refractivity contribution in [1.82, 2.24) is 9.78 Å². The van der Waals surface area contributed by atoms with Crippen molar-refractivity contribution in [2.45, 2.75) is 39.2 Å². The van der Waals surface area contributed by atoms with Gasteiger partial charge < -0.3 is 10.5 Å². The first-order valence-corrected chi connectivity index (χ1v) is 7.74.